The zero-order chi connectivity index (χ0) is 13.0. The molecule has 0 unspecified atom stereocenters. The van der Waals surface area contributed by atoms with Crippen LogP contribution in [0.25, 0.3) is 0 Å². The van der Waals surface area contributed by atoms with Crippen LogP contribution in [0.4, 0.5) is 5.69 Å². The fraction of sp³-hybridized carbons (Fsp3) is 0.308. The van der Waals surface area contributed by atoms with E-state index in [1.165, 1.54) is 0 Å². The van der Waals surface area contributed by atoms with Gasteiger partial charge in [-0.25, -0.2) is 4.98 Å². The van der Waals surface area contributed by atoms with Crippen molar-refractivity contribution in [3.63, 3.8) is 0 Å². The molecule has 96 valence electrons. The average molecular weight is 266 g/mol. The van der Waals surface area contributed by atoms with Crippen LogP contribution in [0.2, 0.25) is 5.15 Å². The zero-order valence-electron chi connectivity index (χ0n) is 10.5. The van der Waals surface area contributed by atoms with E-state index in [2.05, 4.69) is 10.3 Å². The van der Waals surface area contributed by atoms with Crippen molar-refractivity contribution in [2.24, 2.45) is 7.05 Å². The van der Waals surface area contributed by atoms with Crippen molar-refractivity contribution in [2.45, 2.75) is 13.5 Å². The Balaban J connectivity index is 2.01. The lowest BCUT2D eigenvalue weighted by atomic mass is 10.3. The molecule has 2 aromatic rings. The van der Waals surface area contributed by atoms with E-state index in [0.717, 1.165) is 17.3 Å². The summed E-state index contributed by atoms with van der Waals surface area (Å²) in [6.07, 6.45) is 1.65. The van der Waals surface area contributed by atoms with E-state index in [9.17, 15) is 0 Å². The fourth-order valence-electron chi connectivity index (χ4n) is 1.63. The summed E-state index contributed by atoms with van der Waals surface area (Å²) in [6.45, 7) is 3.26. The molecule has 0 saturated carbocycles. The van der Waals surface area contributed by atoms with Crippen molar-refractivity contribution in [3.05, 3.63) is 41.4 Å². The number of rotatable bonds is 5. The lowest BCUT2D eigenvalue weighted by Gasteiger charge is -2.09. The molecule has 18 heavy (non-hydrogen) atoms. The maximum Gasteiger partial charge on any atom is 0.128 e. The topological polar surface area (TPSA) is 39.1 Å². The summed E-state index contributed by atoms with van der Waals surface area (Å²) in [6, 6.07) is 7.85. The normalized spacial score (nSPS) is 10.4. The number of halogens is 1. The third kappa shape index (κ3) is 2.96. The number of aromatic nitrogens is 2. The molecule has 1 N–H and O–H groups in total. The van der Waals surface area contributed by atoms with E-state index in [-0.39, 0.29) is 0 Å². The molecule has 5 heteroatoms. The van der Waals surface area contributed by atoms with Crippen LogP contribution in [-0.2, 0) is 13.6 Å². The van der Waals surface area contributed by atoms with Gasteiger partial charge in [-0.05, 0) is 19.1 Å². The maximum absolute atomic E-state index is 5.93. The number of hydrogen-bond acceptors (Lipinski definition) is 3. The molecule has 0 saturated heterocycles. The van der Waals surface area contributed by atoms with Gasteiger partial charge in [0.05, 0.1) is 19.3 Å². The molecule has 0 radical (unpaired) electrons. The number of hydrogen-bond donors (Lipinski definition) is 1. The van der Waals surface area contributed by atoms with Crippen molar-refractivity contribution >= 4 is 17.3 Å². The second kappa shape index (κ2) is 5.78. The smallest absolute Gasteiger partial charge is 0.128 e. The SMILES string of the molecule is CCOc1cccc(NCc2ncc(Cl)n2C)c1. The Hall–Kier alpha value is -1.68. The second-order valence-corrected chi connectivity index (χ2v) is 4.26. The molecule has 4 nitrogen and oxygen atoms in total. The van der Waals surface area contributed by atoms with Crippen molar-refractivity contribution in [3.8, 4) is 5.75 Å². The number of nitrogens with one attached hydrogen (secondary N) is 1. The molecule has 0 spiro atoms. The molecular formula is C13H16ClN3O. The number of anilines is 1. The highest BCUT2D eigenvalue weighted by Gasteiger charge is 2.04. The van der Waals surface area contributed by atoms with Gasteiger partial charge in [-0.3, -0.25) is 0 Å². The number of benzene rings is 1. The van der Waals surface area contributed by atoms with E-state index < -0.39 is 0 Å². The van der Waals surface area contributed by atoms with Gasteiger partial charge < -0.3 is 14.6 Å². The van der Waals surface area contributed by atoms with E-state index in [1.54, 1.807) is 6.20 Å². The standard InChI is InChI=1S/C13H16ClN3O/c1-3-18-11-6-4-5-10(7-11)15-9-13-16-8-12(14)17(13)2/h4-8,15H,3,9H2,1-2H3. The molecule has 1 aromatic carbocycles. The summed E-state index contributed by atoms with van der Waals surface area (Å²) in [5.74, 6) is 1.75. The Labute approximate surface area is 112 Å². The molecule has 0 aliphatic rings. The summed E-state index contributed by atoms with van der Waals surface area (Å²) in [4.78, 5) is 4.23. The molecule has 1 heterocycles. The van der Waals surface area contributed by atoms with Gasteiger partial charge in [-0.2, -0.15) is 0 Å². The largest absolute Gasteiger partial charge is 0.494 e. The first-order valence-corrected chi connectivity index (χ1v) is 6.21. The molecule has 0 atom stereocenters. The van der Waals surface area contributed by atoms with Gasteiger partial charge in [0.2, 0.25) is 0 Å². The van der Waals surface area contributed by atoms with Crippen LogP contribution in [-0.4, -0.2) is 16.2 Å². The van der Waals surface area contributed by atoms with Crippen molar-refractivity contribution < 1.29 is 4.74 Å². The van der Waals surface area contributed by atoms with Gasteiger partial charge in [-0.15, -0.1) is 0 Å². The number of nitrogens with zero attached hydrogens (tertiary/aromatic N) is 2. The first kappa shape index (κ1) is 12.8. The quantitative estimate of drug-likeness (QED) is 0.903. The van der Waals surface area contributed by atoms with E-state index in [1.807, 2.05) is 42.8 Å². The molecule has 2 rings (SSSR count). The zero-order valence-corrected chi connectivity index (χ0v) is 11.2. The van der Waals surface area contributed by atoms with Gasteiger partial charge in [0.15, 0.2) is 0 Å². The Kier molecular flexibility index (Phi) is 4.10. The molecular weight excluding hydrogens is 250 g/mol. The van der Waals surface area contributed by atoms with Crippen LogP contribution in [0.1, 0.15) is 12.7 Å². The van der Waals surface area contributed by atoms with E-state index in [4.69, 9.17) is 16.3 Å². The monoisotopic (exact) mass is 265 g/mol. The van der Waals surface area contributed by atoms with Gasteiger partial charge in [0.1, 0.15) is 16.7 Å². The first-order chi connectivity index (χ1) is 8.70. The Morgan fingerprint density at radius 2 is 2.28 bits per heavy atom. The van der Waals surface area contributed by atoms with Crippen LogP contribution in [0, 0.1) is 0 Å². The minimum absolute atomic E-state index is 0.624. The summed E-state index contributed by atoms with van der Waals surface area (Å²) >= 11 is 5.93. The van der Waals surface area contributed by atoms with Crippen molar-refractivity contribution in [1.82, 2.24) is 9.55 Å². The van der Waals surface area contributed by atoms with Crippen LogP contribution in [0.5, 0.6) is 5.75 Å². The van der Waals surface area contributed by atoms with Gasteiger partial charge in [0.25, 0.3) is 0 Å². The van der Waals surface area contributed by atoms with Gasteiger partial charge in [0, 0.05) is 18.8 Å². The number of ether oxygens (including phenoxy) is 1. The third-order valence-corrected chi connectivity index (χ3v) is 2.97. The Bertz CT molecular complexity index is 525. The van der Waals surface area contributed by atoms with Gasteiger partial charge in [-0.1, -0.05) is 17.7 Å². The Morgan fingerprint density at radius 1 is 1.44 bits per heavy atom. The van der Waals surface area contributed by atoms with Crippen molar-refractivity contribution in [1.29, 1.82) is 0 Å². The molecule has 0 aliphatic carbocycles. The molecule has 0 bridgehead atoms. The lowest BCUT2D eigenvalue weighted by Crippen LogP contribution is -2.06. The van der Waals surface area contributed by atoms with Crippen LogP contribution in [0.15, 0.2) is 30.5 Å². The summed E-state index contributed by atoms with van der Waals surface area (Å²) in [5, 5.41) is 3.93. The van der Waals surface area contributed by atoms with Gasteiger partial charge >= 0.3 is 0 Å². The second-order valence-electron chi connectivity index (χ2n) is 3.87. The highest BCUT2D eigenvalue weighted by Crippen LogP contribution is 2.18. The van der Waals surface area contributed by atoms with Crippen LogP contribution >= 0.6 is 11.6 Å². The molecule has 0 aliphatic heterocycles. The first-order valence-electron chi connectivity index (χ1n) is 5.83. The highest BCUT2D eigenvalue weighted by atomic mass is 35.5. The fourth-order valence-corrected chi connectivity index (χ4v) is 1.78. The molecule has 0 amide bonds. The van der Waals surface area contributed by atoms with Crippen LogP contribution < -0.4 is 10.1 Å². The summed E-state index contributed by atoms with van der Waals surface area (Å²) in [7, 11) is 1.89. The third-order valence-electron chi connectivity index (χ3n) is 2.62. The predicted molar refractivity (Wildman–Crippen MR) is 73.2 cm³/mol. The maximum atomic E-state index is 5.93. The number of imidazole rings is 1. The average Bonchev–Trinajstić information content (AvgIpc) is 2.69. The van der Waals surface area contributed by atoms with Crippen LogP contribution in [0.3, 0.4) is 0 Å². The summed E-state index contributed by atoms with van der Waals surface area (Å²) in [5.41, 5.74) is 1.00. The molecule has 1 aromatic heterocycles. The van der Waals surface area contributed by atoms with E-state index >= 15 is 0 Å². The van der Waals surface area contributed by atoms with E-state index in [0.29, 0.717) is 18.3 Å². The highest BCUT2D eigenvalue weighted by molar-refractivity contribution is 6.29. The minimum Gasteiger partial charge on any atom is -0.494 e. The minimum atomic E-state index is 0.624. The Morgan fingerprint density at radius 3 is 2.94 bits per heavy atom. The predicted octanol–water partition coefficient (Wildman–Crippen LogP) is 3.08. The molecule has 0 fully saturated rings. The summed E-state index contributed by atoms with van der Waals surface area (Å²) < 4.78 is 7.29. The lowest BCUT2D eigenvalue weighted by molar-refractivity contribution is 0.340. The van der Waals surface area contributed by atoms with Crippen molar-refractivity contribution in [2.75, 3.05) is 11.9 Å².